The summed E-state index contributed by atoms with van der Waals surface area (Å²) in [6.45, 7) is 0. The SMILES string of the molecule is O=C(Cc1cccs1)Nc1ccsc1-c1nnc(C2CC2)o1. The number of rotatable bonds is 5. The van der Waals surface area contributed by atoms with E-state index in [4.69, 9.17) is 4.42 Å². The number of amides is 1. The van der Waals surface area contributed by atoms with E-state index in [1.165, 1.54) is 11.3 Å². The maximum atomic E-state index is 12.1. The minimum absolute atomic E-state index is 0.0379. The summed E-state index contributed by atoms with van der Waals surface area (Å²) in [7, 11) is 0. The first kappa shape index (κ1) is 13.7. The van der Waals surface area contributed by atoms with Gasteiger partial charge in [-0.1, -0.05) is 6.07 Å². The molecule has 3 aromatic rings. The monoisotopic (exact) mass is 331 g/mol. The van der Waals surface area contributed by atoms with Gasteiger partial charge in [-0.2, -0.15) is 0 Å². The number of hydrogen-bond donors (Lipinski definition) is 1. The second kappa shape index (κ2) is 5.66. The predicted octanol–water partition coefficient (Wildman–Crippen LogP) is 3.92. The van der Waals surface area contributed by atoms with E-state index in [1.807, 2.05) is 29.0 Å². The molecule has 1 N–H and O–H groups in total. The number of nitrogens with one attached hydrogen (secondary N) is 1. The van der Waals surface area contributed by atoms with Crippen LogP contribution in [0.4, 0.5) is 5.69 Å². The number of aromatic nitrogens is 2. The zero-order valence-corrected chi connectivity index (χ0v) is 13.2. The highest BCUT2D eigenvalue weighted by atomic mass is 32.1. The molecule has 0 bridgehead atoms. The fourth-order valence-corrected chi connectivity index (χ4v) is 3.63. The lowest BCUT2D eigenvalue weighted by Crippen LogP contribution is -2.13. The van der Waals surface area contributed by atoms with Crippen LogP contribution in [0.5, 0.6) is 0 Å². The molecule has 1 amide bonds. The lowest BCUT2D eigenvalue weighted by Gasteiger charge is -2.03. The molecule has 112 valence electrons. The summed E-state index contributed by atoms with van der Waals surface area (Å²) in [6, 6.07) is 5.77. The Kier molecular flexibility index (Phi) is 3.51. The fourth-order valence-electron chi connectivity index (χ4n) is 2.16. The maximum Gasteiger partial charge on any atom is 0.259 e. The summed E-state index contributed by atoms with van der Waals surface area (Å²) >= 11 is 3.07. The van der Waals surface area contributed by atoms with Gasteiger partial charge in [-0.3, -0.25) is 4.79 Å². The zero-order valence-electron chi connectivity index (χ0n) is 11.6. The van der Waals surface area contributed by atoms with E-state index < -0.39 is 0 Å². The second-order valence-electron chi connectivity index (χ2n) is 5.19. The quantitative estimate of drug-likeness (QED) is 0.769. The van der Waals surface area contributed by atoms with Crippen LogP contribution in [-0.2, 0) is 11.2 Å². The summed E-state index contributed by atoms with van der Waals surface area (Å²) in [5.41, 5.74) is 0.734. The van der Waals surface area contributed by atoms with Crippen LogP contribution in [0.25, 0.3) is 10.8 Å². The number of nitrogens with zero attached hydrogens (tertiary/aromatic N) is 2. The zero-order chi connectivity index (χ0) is 14.9. The molecule has 1 saturated carbocycles. The lowest BCUT2D eigenvalue weighted by molar-refractivity contribution is -0.115. The molecule has 4 rings (SSSR count). The molecule has 1 aliphatic carbocycles. The van der Waals surface area contributed by atoms with E-state index >= 15 is 0 Å². The number of hydrogen-bond acceptors (Lipinski definition) is 6. The van der Waals surface area contributed by atoms with Crippen molar-refractivity contribution in [2.75, 3.05) is 5.32 Å². The van der Waals surface area contributed by atoms with Gasteiger partial charge in [-0.15, -0.1) is 32.9 Å². The van der Waals surface area contributed by atoms with Crippen molar-refractivity contribution in [3.8, 4) is 10.8 Å². The van der Waals surface area contributed by atoms with Crippen molar-refractivity contribution in [3.05, 3.63) is 39.7 Å². The first-order chi connectivity index (χ1) is 10.8. The summed E-state index contributed by atoms with van der Waals surface area (Å²) in [4.78, 5) is 14.0. The molecule has 0 aromatic carbocycles. The van der Waals surface area contributed by atoms with Gasteiger partial charge in [0.2, 0.25) is 11.8 Å². The molecule has 3 heterocycles. The van der Waals surface area contributed by atoms with E-state index in [0.717, 1.165) is 28.3 Å². The molecule has 0 atom stereocenters. The molecule has 0 radical (unpaired) electrons. The first-order valence-electron chi connectivity index (χ1n) is 7.03. The van der Waals surface area contributed by atoms with Crippen LogP contribution in [0.3, 0.4) is 0 Å². The predicted molar refractivity (Wildman–Crippen MR) is 86.2 cm³/mol. The Hall–Kier alpha value is -1.99. The molecule has 5 nitrogen and oxygen atoms in total. The Bertz CT molecular complexity index is 787. The highest BCUT2D eigenvalue weighted by Gasteiger charge is 2.30. The van der Waals surface area contributed by atoms with Gasteiger partial charge in [-0.25, -0.2) is 0 Å². The number of carbonyl (C=O) groups excluding carboxylic acids is 1. The smallest absolute Gasteiger partial charge is 0.259 e. The van der Waals surface area contributed by atoms with Crippen LogP contribution < -0.4 is 5.32 Å². The van der Waals surface area contributed by atoms with Crippen LogP contribution in [0.2, 0.25) is 0 Å². The van der Waals surface area contributed by atoms with Crippen molar-refractivity contribution in [1.29, 1.82) is 0 Å². The number of thiophene rings is 2. The van der Waals surface area contributed by atoms with E-state index in [-0.39, 0.29) is 5.91 Å². The van der Waals surface area contributed by atoms with Crippen LogP contribution in [-0.4, -0.2) is 16.1 Å². The van der Waals surface area contributed by atoms with Crippen LogP contribution in [0, 0.1) is 0 Å². The summed E-state index contributed by atoms with van der Waals surface area (Å²) in [6.07, 6.45) is 2.62. The van der Waals surface area contributed by atoms with Gasteiger partial charge >= 0.3 is 0 Å². The van der Waals surface area contributed by atoms with E-state index in [9.17, 15) is 4.79 Å². The third-order valence-corrected chi connectivity index (χ3v) is 5.19. The van der Waals surface area contributed by atoms with Gasteiger partial charge in [-0.05, 0) is 35.7 Å². The highest BCUT2D eigenvalue weighted by Crippen LogP contribution is 2.41. The summed E-state index contributed by atoms with van der Waals surface area (Å²) in [5, 5.41) is 15.0. The standard InChI is InChI=1S/C15H13N3O2S2/c19-12(8-10-2-1-6-21-10)16-11-5-7-22-13(11)15-18-17-14(20-15)9-3-4-9/h1-2,5-7,9H,3-4,8H2,(H,16,19). The fraction of sp³-hybridized carbons (Fsp3) is 0.267. The minimum atomic E-state index is -0.0379. The van der Waals surface area contributed by atoms with Gasteiger partial charge in [0.05, 0.1) is 12.1 Å². The topological polar surface area (TPSA) is 68.0 Å². The molecule has 0 spiro atoms. The van der Waals surface area contributed by atoms with Crippen molar-refractivity contribution in [2.45, 2.75) is 25.2 Å². The van der Waals surface area contributed by atoms with E-state index in [1.54, 1.807) is 11.3 Å². The first-order valence-corrected chi connectivity index (χ1v) is 8.79. The largest absolute Gasteiger partial charge is 0.420 e. The Morgan fingerprint density at radius 2 is 2.18 bits per heavy atom. The molecule has 3 aromatic heterocycles. The molecule has 22 heavy (non-hydrogen) atoms. The molecular weight excluding hydrogens is 318 g/mol. The van der Waals surface area contributed by atoms with Crippen LogP contribution in [0.1, 0.15) is 29.5 Å². The molecule has 7 heteroatoms. The molecule has 1 fully saturated rings. The number of carbonyl (C=O) groups is 1. The molecular formula is C15H13N3O2S2. The van der Waals surface area contributed by atoms with E-state index in [0.29, 0.717) is 24.1 Å². The molecule has 0 saturated heterocycles. The van der Waals surface area contributed by atoms with Crippen molar-refractivity contribution >= 4 is 34.3 Å². The summed E-state index contributed by atoms with van der Waals surface area (Å²) < 4.78 is 5.72. The maximum absolute atomic E-state index is 12.1. The Labute approximate surface area is 135 Å². The average Bonchev–Trinajstić information content (AvgIpc) is 2.95. The summed E-state index contributed by atoms with van der Waals surface area (Å²) in [5.74, 6) is 1.59. The highest BCUT2D eigenvalue weighted by molar-refractivity contribution is 7.14. The van der Waals surface area contributed by atoms with Gasteiger partial charge in [0, 0.05) is 10.8 Å². The Balaban J connectivity index is 1.50. The Morgan fingerprint density at radius 1 is 1.27 bits per heavy atom. The van der Waals surface area contributed by atoms with Gasteiger partial charge < -0.3 is 9.73 Å². The van der Waals surface area contributed by atoms with E-state index in [2.05, 4.69) is 15.5 Å². The van der Waals surface area contributed by atoms with Crippen LogP contribution >= 0.6 is 22.7 Å². The average molecular weight is 331 g/mol. The van der Waals surface area contributed by atoms with Gasteiger partial charge in [0.15, 0.2) is 0 Å². The third kappa shape index (κ3) is 2.82. The normalized spacial score (nSPS) is 14.2. The Morgan fingerprint density at radius 3 is 2.95 bits per heavy atom. The number of anilines is 1. The molecule has 0 aliphatic heterocycles. The van der Waals surface area contributed by atoms with Gasteiger partial charge in [0.25, 0.3) is 5.89 Å². The van der Waals surface area contributed by atoms with Crippen molar-refractivity contribution in [1.82, 2.24) is 10.2 Å². The molecule has 0 unspecified atom stereocenters. The van der Waals surface area contributed by atoms with Crippen LogP contribution in [0.15, 0.2) is 33.4 Å². The van der Waals surface area contributed by atoms with Crippen molar-refractivity contribution in [3.63, 3.8) is 0 Å². The van der Waals surface area contributed by atoms with Gasteiger partial charge in [0.1, 0.15) is 4.88 Å². The lowest BCUT2D eigenvalue weighted by atomic mass is 10.3. The molecule has 1 aliphatic rings. The minimum Gasteiger partial charge on any atom is -0.420 e. The van der Waals surface area contributed by atoms with Crippen molar-refractivity contribution in [2.24, 2.45) is 0 Å². The second-order valence-corrected chi connectivity index (χ2v) is 7.14. The third-order valence-electron chi connectivity index (χ3n) is 3.42. The van der Waals surface area contributed by atoms with Crippen molar-refractivity contribution < 1.29 is 9.21 Å².